The first-order chi connectivity index (χ1) is 10.2. The van der Waals surface area contributed by atoms with Gasteiger partial charge in [-0.15, -0.1) is 0 Å². The zero-order valence-corrected chi connectivity index (χ0v) is 11.9. The topological polar surface area (TPSA) is 81.7 Å². The lowest BCUT2D eigenvalue weighted by molar-refractivity contribution is -0.122. The molecular formula is C15H21N3O3. The number of aliphatic hydroxyl groups is 1. The van der Waals surface area contributed by atoms with Crippen LogP contribution in [0.4, 0.5) is 0 Å². The number of hydrazine groups is 1. The molecule has 1 unspecified atom stereocenters. The van der Waals surface area contributed by atoms with Gasteiger partial charge in [-0.2, -0.15) is 0 Å². The Labute approximate surface area is 124 Å². The van der Waals surface area contributed by atoms with Crippen molar-refractivity contribution < 1.29 is 14.7 Å². The summed E-state index contributed by atoms with van der Waals surface area (Å²) in [4.78, 5) is 25.6. The van der Waals surface area contributed by atoms with Crippen LogP contribution in [0.3, 0.4) is 0 Å². The first kappa shape index (κ1) is 15.5. The molecule has 1 aromatic carbocycles. The van der Waals surface area contributed by atoms with Gasteiger partial charge in [0, 0.05) is 18.7 Å². The number of carbonyl (C=O) groups excluding carboxylic acids is 2. The van der Waals surface area contributed by atoms with E-state index in [4.69, 9.17) is 5.11 Å². The number of carbonyl (C=O) groups is 2. The van der Waals surface area contributed by atoms with Crippen LogP contribution in [-0.4, -0.2) is 48.1 Å². The number of benzene rings is 1. The summed E-state index contributed by atoms with van der Waals surface area (Å²) in [5.41, 5.74) is 5.33. The molecule has 6 nitrogen and oxygen atoms in total. The van der Waals surface area contributed by atoms with Gasteiger partial charge >= 0.3 is 0 Å². The number of hydrogen-bond donors (Lipinski definition) is 3. The maximum absolute atomic E-state index is 11.8. The summed E-state index contributed by atoms with van der Waals surface area (Å²) in [7, 11) is 0. The average molecular weight is 291 g/mol. The zero-order valence-electron chi connectivity index (χ0n) is 11.9. The van der Waals surface area contributed by atoms with Crippen molar-refractivity contribution in [3.63, 3.8) is 0 Å². The van der Waals surface area contributed by atoms with Gasteiger partial charge in [-0.1, -0.05) is 18.2 Å². The van der Waals surface area contributed by atoms with Gasteiger partial charge in [-0.05, 0) is 37.4 Å². The molecule has 1 aliphatic rings. The number of hydrogen-bond acceptors (Lipinski definition) is 4. The van der Waals surface area contributed by atoms with Crippen LogP contribution in [0.15, 0.2) is 30.3 Å². The highest BCUT2D eigenvalue weighted by Gasteiger charge is 2.23. The van der Waals surface area contributed by atoms with Crippen molar-refractivity contribution in [1.29, 1.82) is 0 Å². The average Bonchev–Trinajstić information content (AvgIpc) is 2.93. The summed E-state index contributed by atoms with van der Waals surface area (Å²) in [6.45, 7) is 2.13. The molecule has 0 bridgehead atoms. The van der Waals surface area contributed by atoms with Crippen molar-refractivity contribution >= 4 is 11.8 Å². The summed E-state index contributed by atoms with van der Waals surface area (Å²) < 4.78 is 0. The Bertz CT molecular complexity index is 478. The van der Waals surface area contributed by atoms with E-state index in [1.165, 1.54) is 0 Å². The van der Waals surface area contributed by atoms with E-state index < -0.39 is 0 Å². The predicted octanol–water partition coefficient (Wildman–Crippen LogP) is 0.152. The quantitative estimate of drug-likeness (QED) is 0.675. The molecule has 1 fully saturated rings. The SMILES string of the molecule is O=C(CN1CCC(CCO)C1)NNC(=O)c1ccccc1. The van der Waals surface area contributed by atoms with E-state index in [1.54, 1.807) is 24.3 Å². The minimum absolute atomic E-state index is 0.192. The summed E-state index contributed by atoms with van der Waals surface area (Å²) in [5.74, 6) is -0.103. The summed E-state index contributed by atoms with van der Waals surface area (Å²) >= 11 is 0. The first-order valence-corrected chi connectivity index (χ1v) is 7.16. The number of aliphatic hydroxyl groups excluding tert-OH is 1. The molecule has 0 spiro atoms. The molecule has 1 atom stereocenters. The molecule has 0 aromatic heterocycles. The van der Waals surface area contributed by atoms with Crippen LogP contribution < -0.4 is 10.9 Å². The second-order valence-corrected chi connectivity index (χ2v) is 5.27. The monoisotopic (exact) mass is 291 g/mol. The third-order valence-electron chi connectivity index (χ3n) is 3.63. The van der Waals surface area contributed by atoms with Crippen molar-refractivity contribution in [3.8, 4) is 0 Å². The molecule has 2 amide bonds. The highest BCUT2D eigenvalue weighted by molar-refractivity contribution is 5.95. The number of rotatable bonds is 5. The molecule has 1 aliphatic heterocycles. The summed E-state index contributed by atoms with van der Waals surface area (Å²) in [6.07, 6.45) is 1.78. The highest BCUT2D eigenvalue weighted by atomic mass is 16.3. The van der Waals surface area contributed by atoms with Crippen LogP contribution in [0.2, 0.25) is 0 Å². The van der Waals surface area contributed by atoms with Crippen molar-refractivity contribution in [2.75, 3.05) is 26.2 Å². The summed E-state index contributed by atoms with van der Waals surface area (Å²) in [5, 5.41) is 8.90. The van der Waals surface area contributed by atoms with Gasteiger partial charge in [-0.25, -0.2) is 0 Å². The van der Waals surface area contributed by atoms with Gasteiger partial charge in [0.05, 0.1) is 6.54 Å². The van der Waals surface area contributed by atoms with Crippen LogP contribution in [0, 0.1) is 5.92 Å². The maximum Gasteiger partial charge on any atom is 0.269 e. The first-order valence-electron chi connectivity index (χ1n) is 7.16. The van der Waals surface area contributed by atoms with E-state index in [0.717, 1.165) is 25.9 Å². The van der Waals surface area contributed by atoms with Crippen molar-refractivity contribution in [3.05, 3.63) is 35.9 Å². The van der Waals surface area contributed by atoms with Gasteiger partial charge < -0.3 is 5.11 Å². The van der Waals surface area contributed by atoms with E-state index >= 15 is 0 Å². The van der Waals surface area contributed by atoms with Crippen LogP contribution in [0.5, 0.6) is 0 Å². The third kappa shape index (κ3) is 4.84. The standard InChI is InChI=1S/C15H21N3O3/c19-9-7-12-6-8-18(10-12)11-14(20)16-17-15(21)13-4-2-1-3-5-13/h1-5,12,19H,6-11H2,(H,16,20)(H,17,21). The van der Waals surface area contributed by atoms with Gasteiger partial charge in [0.2, 0.25) is 0 Å². The molecule has 1 saturated heterocycles. The van der Waals surface area contributed by atoms with Crippen molar-refractivity contribution in [2.45, 2.75) is 12.8 Å². The Morgan fingerprint density at radius 2 is 2.00 bits per heavy atom. The molecular weight excluding hydrogens is 270 g/mol. The van der Waals surface area contributed by atoms with Gasteiger partial charge in [-0.3, -0.25) is 25.3 Å². The van der Waals surface area contributed by atoms with Gasteiger partial charge in [0.25, 0.3) is 11.8 Å². The third-order valence-corrected chi connectivity index (χ3v) is 3.63. The Morgan fingerprint density at radius 1 is 1.24 bits per heavy atom. The lowest BCUT2D eigenvalue weighted by Crippen LogP contribution is -2.46. The number of likely N-dealkylation sites (tertiary alicyclic amines) is 1. The van der Waals surface area contributed by atoms with Crippen molar-refractivity contribution in [2.24, 2.45) is 5.92 Å². The van der Waals surface area contributed by atoms with Gasteiger partial charge in [0.15, 0.2) is 0 Å². The minimum atomic E-state index is -0.330. The molecule has 0 radical (unpaired) electrons. The lowest BCUT2D eigenvalue weighted by Gasteiger charge is -2.15. The van der Waals surface area contributed by atoms with Crippen molar-refractivity contribution in [1.82, 2.24) is 15.8 Å². The number of nitrogens with zero attached hydrogens (tertiary/aromatic N) is 1. The fourth-order valence-corrected chi connectivity index (χ4v) is 2.51. The molecule has 0 saturated carbocycles. The fourth-order valence-electron chi connectivity index (χ4n) is 2.51. The Kier molecular flexibility index (Phi) is 5.71. The summed E-state index contributed by atoms with van der Waals surface area (Å²) in [6, 6.07) is 8.72. The molecule has 0 aliphatic carbocycles. The van der Waals surface area contributed by atoms with Gasteiger partial charge in [0.1, 0.15) is 0 Å². The van der Waals surface area contributed by atoms with E-state index in [-0.39, 0.29) is 25.0 Å². The van der Waals surface area contributed by atoms with E-state index in [0.29, 0.717) is 11.5 Å². The Hall–Kier alpha value is -1.92. The Balaban J connectivity index is 1.70. The van der Waals surface area contributed by atoms with Crippen LogP contribution in [-0.2, 0) is 4.79 Å². The Morgan fingerprint density at radius 3 is 2.71 bits per heavy atom. The lowest BCUT2D eigenvalue weighted by atomic mass is 10.1. The van der Waals surface area contributed by atoms with Crippen LogP contribution in [0.25, 0.3) is 0 Å². The maximum atomic E-state index is 11.8. The largest absolute Gasteiger partial charge is 0.396 e. The smallest absolute Gasteiger partial charge is 0.269 e. The minimum Gasteiger partial charge on any atom is -0.396 e. The molecule has 21 heavy (non-hydrogen) atoms. The fraction of sp³-hybridized carbons (Fsp3) is 0.467. The number of amides is 2. The normalized spacial score (nSPS) is 18.4. The predicted molar refractivity (Wildman–Crippen MR) is 78.3 cm³/mol. The van der Waals surface area contributed by atoms with Crippen LogP contribution in [0.1, 0.15) is 23.2 Å². The second-order valence-electron chi connectivity index (χ2n) is 5.27. The molecule has 2 rings (SSSR count). The molecule has 1 heterocycles. The molecule has 1 aromatic rings. The number of nitrogens with one attached hydrogen (secondary N) is 2. The molecule has 114 valence electrons. The molecule has 6 heteroatoms. The van der Waals surface area contributed by atoms with E-state index in [9.17, 15) is 9.59 Å². The second kappa shape index (κ2) is 7.75. The highest BCUT2D eigenvalue weighted by Crippen LogP contribution is 2.18. The van der Waals surface area contributed by atoms with E-state index in [2.05, 4.69) is 10.9 Å². The zero-order chi connectivity index (χ0) is 15.1. The molecule has 3 N–H and O–H groups in total. The van der Waals surface area contributed by atoms with E-state index in [1.807, 2.05) is 11.0 Å². The van der Waals surface area contributed by atoms with Crippen LogP contribution >= 0.6 is 0 Å².